The summed E-state index contributed by atoms with van der Waals surface area (Å²) in [5, 5.41) is 18.7. The van der Waals surface area contributed by atoms with Crippen LogP contribution in [0.25, 0.3) is 0 Å². The molecule has 10 nitrogen and oxygen atoms in total. The lowest BCUT2D eigenvalue weighted by Crippen LogP contribution is -2.52. The summed E-state index contributed by atoms with van der Waals surface area (Å²) in [5.74, 6) is -0.233. The molecule has 2 aliphatic rings. The lowest BCUT2D eigenvalue weighted by Gasteiger charge is -2.38. The number of carbonyl (C=O) groups excluding carboxylic acids is 3. The van der Waals surface area contributed by atoms with E-state index in [4.69, 9.17) is 4.74 Å². The van der Waals surface area contributed by atoms with Crippen LogP contribution in [0.5, 0.6) is 5.75 Å². The highest BCUT2D eigenvalue weighted by Gasteiger charge is 2.35. The molecule has 4 rings (SSSR count). The summed E-state index contributed by atoms with van der Waals surface area (Å²) in [6, 6.07) is 13.2. The number of fused-ring (bicyclic) bond motifs is 1. The zero-order chi connectivity index (χ0) is 28.6. The number of anilines is 2. The lowest BCUT2D eigenvalue weighted by molar-refractivity contribution is 0.0368. The van der Waals surface area contributed by atoms with Gasteiger partial charge in [0, 0.05) is 31.2 Å². The van der Waals surface area contributed by atoms with Crippen LogP contribution in [0.1, 0.15) is 56.3 Å². The van der Waals surface area contributed by atoms with E-state index in [0.717, 1.165) is 25.7 Å². The number of nitrogens with one attached hydrogen (secondary N) is 3. The third kappa shape index (κ3) is 7.24. The number of aliphatic hydroxyl groups is 1. The first-order chi connectivity index (χ1) is 19.3. The van der Waals surface area contributed by atoms with E-state index in [9.17, 15) is 19.5 Å². The largest absolute Gasteiger partial charge is 0.485 e. The predicted octanol–water partition coefficient (Wildman–Crippen LogP) is 4.52. The van der Waals surface area contributed by atoms with Crippen LogP contribution in [0.15, 0.2) is 48.5 Å². The molecule has 1 aliphatic carbocycles. The molecule has 10 heteroatoms. The van der Waals surface area contributed by atoms with Crippen LogP contribution in [0, 0.1) is 5.92 Å². The van der Waals surface area contributed by atoms with Crippen LogP contribution in [0.2, 0.25) is 0 Å². The van der Waals surface area contributed by atoms with Gasteiger partial charge in [-0.1, -0.05) is 50.5 Å². The Bertz CT molecular complexity index is 1170. The molecule has 2 aromatic carbocycles. The Hall–Kier alpha value is -3.79. The van der Waals surface area contributed by atoms with Gasteiger partial charge in [0.05, 0.1) is 30.4 Å². The summed E-state index contributed by atoms with van der Waals surface area (Å²) in [6.07, 6.45) is 4.93. The van der Waals surface area contributed by atoms with Crippen molar-refractivity contribution in [3.63, 3.8) is 0 Å². The van der Waals surface area contributed by atoms with Gasteiger partial charge in [-0.25, -0.2) is 9.59 Å². The molecule has 1 heterocycles. The Balaban J connectivity index is 1.59. The number of ether oxygens (including phenoxy) is 1. The van der Waals surface area contributed by atoms with E-state index in [1.54, 1.807) is 54.1 Å². The van der Waals surface area contributed by atoms with Crippen molar-refractivity contribution in [1.29, 1.82) is 0 Å². The van der Waals surface area contributed by atoms with Gasteiger partial charge in [0.1, 0.15) is 6.10 Å². The average molecular weight is 552 g/mol. The third-order valence-corrected chi connectivity index (χ3v) is 7.70. The molecule has 5 amide bonds. The van der Waals surface area contributed by atoms with E-state index in [-0.39, 0.29) is 48.4 Å². The van der Waals surface area contributed by atoms with E-state index in [1.165, 1.54) is 6.42 Å². The number of nitrogens with zero attached hydrogens (tertiary/aromatic N) is 2. The summed E-state index contributed by atoms with van der Waals surface area (Å²) in [7, 11) is 1.74. The molecule has 1 aliphatic heterocycles. The summed E-state index contributed by atoms with van der Waals surface area (Å²) in [4.78, 5) is 42.8. The zero-order valence-electron chi connectivity index (χ0n) is 23.6. The molecule has 1 fully saturated rings. The quantitative estimate of drug-likeness (QED) is 0.403. The van der Waals surface area contributed by atoms with E-state index in [1.807, 2.05) is 25.1 Å². The fourth-order valence-corrected chi connectivity index (χ4v) is 5.25. The molecule has 0 radical (unpaired) electrons. The van der Waals surface area contributed by atoms with Gasteiger partial charge in [-0.05, 0) is 44.0 Å². The second kappa shape index (κ2) is 13.5. The van der Waals surface area contributed by atoms with Crippen molar-refractivity contribution in [2.24, 2.45) is 5.92 Å². The summed E-state index contributed by atoms with van der Waals surface area (Å²) in [5.41, 5.74) is 1.24. The number of carbonyl (C=O) groups is 3. The maximum Gasteiger partial charge on any atom is 0.323 e. The van der Waals surface area contributed by atoms with Gasteiger partial charge >= 0.3 is 12.1 Å². The van der Waals surface area contributed by atoms with E-state index in [2.05, 4.69) is 16.0 Å². The monoisotopic (exact) mass is 551 g/mol. The summed E-state index contributed by atoms with van der Waals surface area (Å²) < 4.78 is 6.50. The highest BCUT2D eigenvalue weighted by Crippen LogP contribution is 2.35. The number of likely N-dealkylation sites (N-methyl/N-ethyl adjacent to an activating group) is 1. The van der Waals surface area contributed by atoms with Crippen LogP contribution in [-0.2, 0) is 0 Å². The maximum absolute atomic E-state index is 13.7. The van der Waals surface area contributed by atoms with Crippen LogP contribution in [0.3, 0.4) is 0 Å². The number of para-hydroxylation sites is 2. The average Bonchev–Trinajstić information content (AvgIpc) is 2.95. The number of hydrogen-bond donors (Lipinski definition) is 4. The second-order valence-electron chi connectivity index (χ2n) is 10.9. The van der Waals surface area contributed by atoms with Crippen molar-refractivity contribution in [3.8, 4) is 5.75 Å². The molecule has 0 spiro atoms. The molecule has 0 unspecified atom stereocenters. The molecule has 216 valence electrons. The topological polar surface area (TPSA) is 123 Å². The van der Waals surface area contributed by atoms with Gasteiger partial charge in [-0.15, -0.1) is 0 Å². The fraction of sp³-hybridized carbons (Fsp3) is 0.500. The van der Waals surface area contributed by atoms with Crippen molar-refractivity contribution in [2.45, 2.75) is 64.1 Å². The van der Waals surface area contributed by atoms with Crippen LogP contribution < -0.4 is 20.7 Å². The minimum atomic E-state index is -0.484. The van der Waals surface area contributed by atoms with Crippen LogP contribution in [0.4, 0.5) is 21.0 Å². The highest BCUT2D eigenvalue weighted by atomic mass is 16.5. The Morgan fingerprint density at radius 3 is 2.50 bits per heavy atom. The Morgan fingerprint density at radius 1 is 1.07 bits per heavy atom. The molecule has 3 atom stereocenters. The first-order valence-corrected chi connectivity index (χ1v) is 14.1. The number of urea groups is 2. The van der Waals surface area contributed by atoms with Crippen molar-refractivity contribution in [1.82, 2.24) is 15.1 Å². The van der Waals surface area contributed by atoms with Gasteiger partial charge in [0.2, 0.25) is 0 Å². The number of benzene rings is 2. The molecular weight excluding hydrogens is 510 g/mol. The molecule has 1 saturated carbocycles. The molecular formula is C30H41N5O5. The second-order valence-corrected chi connectivity index (χ2v) is 10.9. The molecule has 0 aromatic heterocycles. The maximum atomic E-state index is 13.7. The van der Waals surface area contributed by atoms with Gasteiger partial charge in [0.25, 0.3) is 5.91 Å². The zero-order valence-corrected chi connectivity index (χ0v) is 23.6. The molecule has 40 heavy (non-hydrogen) atoms. The van der Waals surface area contributed by atoms with Gasteiger partial charge < -0.3 is 35.6 Å². The first-order valence-electron chi connectivity index (χ1n) is 14.1. The van der Waals surface area contributed by atoms with E-state index < -0.39 is 18.2 Å². The minimum absolute atomic E-state index is 0.157. The van der Waals surface area contributed by atoms with Crippen molar-refractivity contribution >= 4 is 29.3 Å². The molecule has 0 saturated heterocycles. The summed E-state index contributed by atoms with van der Waals surface area (Å²) in [6.45, 7) is 4.18. The smallest absolute Gasteiger partial charge is 0.323 e. The first kappa shape index (κ1) is 29.2. The van der Waals surface area contributed by atoms with Crippen LogP contribution >= 0.6 is 0 Å². The van der Waals surface area contributed by atoms with E-state index >= 15 is 0 Å². The minimum Gasteiger partial charge on any atom is -0.485 e. The fourth-order valence-electron chi connectivity index (χ4n) is 5.25. The highest BCUT2D eigenvalue weighted by molar-refractivity contribution is 6.04. The predicted molar refractivity (Wildman–Crippen MR) is 155 cm³/mol. The van der Waals surface area contributed by atoms with Gasteiger partial charge in [0.15, 0.2) is 5.75 Å². The van der Waals surface area contributed by atoms with Gasteiger partial charge in [-0.2, -0.15) is 0 Å². The molecule has 0 bridgehead atoms. The number of amides is 5. The Labute approximate surface area is 236 Å². The molecule has 2 aromatic rings. The normalized spacial score (nSPS) is 20.3. The lowest BCUT2D eigenvalue weighted by atomic mass is 9.96. The SMILES string of the molecule is C[C@H](CO)N1C[C@H](C)[C@@H](CN(C)C(=O)NC2CCCCC2)Oc2c(NC(=O)Nc3ccccc3)cccc2C1=O. The van der Waals surface area contributed by atoms with Crippen LogP contribution in [-0.4, -0.2) is 77.8 Å². The third-order valence-electron chi connectivity index (χ3n) is 7.70. The summed E-state index contributed by atoms with van der Waals surface area (Å²) >= 11 is 0. The number of rotatable bonds is 7. The Morgan fingerprint density at radius 2 is 1.80 bits per heavy atom. The van der Waals surface area contributed by atoms with Crippen molar-refractivity contribution < 1.29 is 24.2 Å². The van der Waals surface area contributed by atoms with Crippen molar-refractivity contribution in [2.75, 3.05) is 37.4 Å². The van der Waals surface area contributed by atoms with E-state index in [0.29, 0.717) is 17.9 Å². The standard InChI is InChI=1S/C30H41N5O5/c1-20-17-35(21(2)19-36)28(37)24-15-10-16-25(33-29(38)31-22-11-6-4-7-12-22)27(24)40-26(20)18-34(3)30(39)32-23-13-8-5-9-14-23/h4,6-7,10-12,15-16,20-21,23,26,36H,5,8-9,13-14,17-19H2,1-3H3,(H,32,39)(H2,31,33,38)/t20-,21+,26+/m0/s1. The Kier molecular flexibility index (Phi) is 9.87. The van der Waals surface area contributed by atoms with Gasteiger partial charge in [-0.3, -0.25) is 4.79 Å². The number of aliphatic hydroxyl groups excluding tert-OH is 1. The van der Waals surface area contributed by atoms with Crippen molar-refractivity contribution in [3.05, 3.63) is 54.1 Å². The molecule has 4 N–H and O–H groups in total. The number of hydrogen-bond acceptors (Lipinski definition) is 5.